The number of hydrogen-bond acceptors (Lipinski definition) is 2. The molecule has 5 nitrogen and oxygen atoms in total. The summed E-state index contributed by atoms with van der Waals surface area (Å²) in [5, 5.41) is 17.2. The highest BCUT2D eigenvalue weighted by atomic mass is 16.4. The lowest BCUT2D eigenvalue weighted by Crippen LogP contribution is -2.25. The van der Waals surface area contributed by atoms with Gasteiger partial charge < -0.3 is 10.2 Å². The summed E-state index contributed by atoms with van der Waals surface area (Å²) in [5.41, 5.74) is 0. The van der Waals surface area contributed by atoms with Gasteiger partial charge in [0.05, 0.1) is 11.8 Å². The lowest BCUT2D eigenvalue weighted by Gasteiger charge is -2.22. The molecule has 1 aliphatic rings. The van der Waals surface area contributed by atoms with Gasteiger partial charge in [0, 0.05) is 6.15 Å². The number of carbonyl (C=O) groups is 2. The molecular formula is C8H12NO4. The Labute approximate surface area is 76.3 Å². The molecule has 0 aromatic rings. The first-order chi connectivity index (χ1) is 5.61. The summed E-state index contributed by atoms with van der Waals surface area (Å²) in [7, 11) is 0. The topological polar surface area (TPSA) is 105 Å². The largest absolute Gasteiger partial charge is 0.481 e. The number of carboxylic acid groups (broad SMARTS) is 2. The third kappa shape index (κ3) is 3.02. The van der Waals surface area contributed by atoms with Crippen LogP contribution in [0.25, 0.3) is 0 Å². The molecule has 0 spiro atoms. The zero-order valence-electron chi connectivity index (χ0n) is 7.14. The van der Waals surface area contributed by atoms with E-state index in [0.717, 1.165) is 0 Å². The van der Waals surface area contributed by atoms with E-state index in [0.29, 0.717) is 25.7 Å². The lowest BCUT2D eigenvalue weighted by atomic mass is 9.82. The molecule has 13 heavy (non-hydrogen) atoms. The normalized spacial score (nSPS) is 27.4. The molecule has 1 fully saturated rings. The van der Waals surface area contributed by atoms with Crippen LogP contribution in [0.2, 0.25) is 0 Å². The molecule has 0 saturated heterocycles. The maximum atomic E-state index is 10.5. The average Bonchev–Trinajstić information content (AvgIpc) is 2.04. The van der Waals surface area contributed by atoms with E-state index in [9.17, 15) is 9.59 Å². The van der Waals surface area contributed by atoms with E-state index >= 15 is 0 Å². The number of nitrogens with zero attached hydrogens (tertiary/aromatic N) is 1. The zero-order chi connectivity index (χ0) is 9.14. The van der Waals surface area contributed by atoms with Crippen molar-refractivity contribution in [3.05, 3.63) is 0 Å². The molecule has 0 aliphatic heterocycles. The molecule has 0 heterocycles. The monoisotopic (exact) mass is 186 g/mol. The minimum absolute atomic E-state index is 0. The van der Waals surface area contributed by atoms with Crippen LogP contribution in [0.15, 0.2) is 0 Å². The van der Waals surface area contributed by atoms with Crippen LogP contribution in [0.1, 0.15) is 25.7 Å². The molecule has 0 bridgehead atoms. The minimum atomic E-state index is -0.793. The molecule has 3 radical (unpaired) electrons. The molecular weight excluding hydrogens is 174 g/mol. The van der Waals surface area contributed by atoms with Crippen molar-refractivity contribution < 1.29 is 19.8 Å². The molecule has 73 valence electrons. The van der Waals surface area contributed by atoms with Crippen molar-refractivity contribution in [1.82, 2.24) is 6.15 Å². The second-order valence-electron chi connectivity index (χ2n) is 3.23. The maximum Gasteiger partial charge on any atom is 0.306 e. The predicted molar refractivity (Wildman–Crippen MR) is 42.9 cm³/mol. The van der Waals surface area contributed by atoms with Crippen molar-refractivity contribution in [3.8, 4) is 0 Å². The van der Waals surface area contributed by atoms with E-state index < -0.39 is 11.9 Å². The summed E-state index contributed by atoms with van der Waals surface area (Å²) >= 11 is 0. The van der Waals surface area contributed by atoms with Crippen LogP contribution >= 0.6 is 0 Å². The van der Waals surface area contributed by atoms with Gasteiger partial charge in [-0.2, -0.15) is 0 Å². The standard InChI is InChI=1S/C8H12O4.N/c9-7(10)5-1-2-6(4-3-5)8(11)12;/h5-6H,1-4H2,(H,9,10)(H,11,12);. The van der Waals surface area contributed by atoms with E-state index in [1.165, 1.54) is 0 Å². The van der Waals surface area contributed by atoms with Crippen molar-refractivity contribution in [2.45, 2.75) is 25.7 Å². The van der Waals surface area contributed by atoms with Crippen LogP contribution in [0.5, 0.6) is 0 Å². The molecule has 2 N–H and O–H groups in total. The highest BCUT2D eigenvalue weighted by Crippen LogP contribution is 2.28. The van der Waals surface area contributed by atoms with E-state index in [1.807, 2.05) is 0 Å². The Kier molecular flexibility index (Phi) is 4.40. The molecule has 1 aliphatic carbocycles. The third-order valence-electron chi connectivity index (χ3n) is 2.43. The first kappa shape index (κ1) is 11.9. The summed E-state index contributed by atoms with van der Waals surface area (Å²) in [4.78, 5) is 21.0. The lowest BCUT2D eigenvalue weighted by molar-refractivity contribution is -0.148. The second kappa shape index (κ2) is 4.81. The van der Waals surface area contributed by atoms with Gasteiger partial charge in [-0.05, 0) is 25.7 Å². The van der Waals surface area contributed by atoms with E-state index in [1.54, 1.807) is 0 Å². The van der Waals surface area contributed by atoms with Gasteiger partial charge in [0.1, 0.15) is 0 Å². The quantitative estimate of drug-likeness (QED) is 0.654. The molecule has 1 saturated carbocycles. The van der Waals surface area contributed by atoms with Crippen LogP contribution < -0.4 is 6.15 Å². The number of carboxylic acids is 2. The molecule has 0 unspecified atom stereocenters. The fraction of sp³-hybridized carbons (Fsp3) is 0.750. The average molecular weight is 186 g/mol. The Balaban J connectivity index is 0.00000144. The van der Waals surface area contributed by atoms with Gasteiger partial charge in [-0.15, -0.1) is 0 Å². The molecule has 0 amide bonds. The molecule has 0 aromatic heterocycles. The van der Waals surface area contributed by atoms with Gasteiger partial charge in [0.2, 0.25) is 0 Å². The molecule has 0 atom stereocenters. The van der Waals surface area contributed by atoms with Crippen molar-refractivity contribution in [2.24, 2.45) is 11.8 Å². The third-order valence-corrected chi connectivity index (χ3v) is 2.43. The van der Waals surface area contributed by atoms with E-state index in [-0.39, 0.29) is 18.0 Å². The highest BCUT2D eigenvalue weighted by molar-refractivity contribution is 5.72. The smallest absolute Gasteiger partial charge is 0.306 e. The first-order valence-electron chi connectivity index (χ1n) is 4.07. The van der Waals surface area contributed by atoms with Gasteiger partial charge in [0.15, 0.2) is 0 Å². The summed E-state index contributed by atoms with van der Waals surface area (Å²) < 4.78 is 0. The maximum absolute atomic E-state index is 10.5. The Morgan fingerprint density at radius 2 is 1.08 bits per heavy atom. The minimum Gasteiger partial charge on any atom is -0.481 e. The van der Waals surface area contributed by atoms with Gasteiger partial charge in [-0.1, -0.05) is 0 Å². The van der Waals surface area contributed by atoms with Crippen molar-refractivity contribution in [1.29, 1.82) is 0 Å². The van der Waals surface area contributed by atoms with Crippen LogP contribution in [-0.2, 0) is 9.59 Å². The fourth-order valence-corrected chi connectivity index (χ4v) is 1.59. The molecule has 1 rings (SSSR count). The van der Waals surface area contributed by atoms with Gasteiger partial charge in [-0.25, -0.2) is 0 Å². The van der Waals surface area contributed by atoms with Crippen LogP contribution in [0.4, 0.5) is 0 Å². The Morgan fingerprint density at radius 1 is 0.846 bits per heavy atom. The summed E-state index contributed by atoms with van der Waals surface area (Å²) in [5.74, 6) is -2.22. The highest BCUT2D eigenvalue weighted by Gasteiger charge is 2.29. The van der Waals surface area contributed by atoms with Crippen molar-refractivity contribution in [3.63, 3.8) is 0 Å². The summed E-state index contributed by atoms with van der Waals surface area (Å²) in [6.45, 7) is 0. The second-order valence-corrected chi connectivity index (χ2v) is 3.23. The number of aliphatic carboxylic acids is 2. The van der Waals surface area contributed by atoms with Gasteiger partial charge in [0.25, 0.3) is 0 Å². The van der Waals surface area contributed by atoms with Crippen LogP contribution in [0.3, 0.4) is 0 Å². The Bertz CT molecular complexity index is 174. The van der Waals surface area contributed by atoms with Crippen LogP contribution in [0, 0.1) is 11.8 Å². The van der Waals surface area contributed by atoms with Gasteiger partial charge >= 0.3 is 11.9 Å². The molecule has 5 heteroatoms. The van der Waals surface area contributed by atoms with E-state index in [2.05, 4.69) is 0 Å². The molecule has 0 aromatic carbocycles. The van der Waals surface area contributed by atoms with Crippen molar-refractivity contribution in [2.75, 3.05) is 0 Å². The Morgan fingerprint density at radius 3 is 1.23 bits per heavy atom. The fourth-order valence-electron chi connectivity index (χ4n) is 1.59. The first-order valence-corrected chi connectivity index (χ1v) is 4.07. The predicted octanol–water partition coefficient (Wildman–Crippen LogP) is 0.481. The number of hydrogen-bond donors (Lipinski definition) is 2. The van der Waals surface area contributed by atoms with Crippen LogP contribution in [-0.4, -0.2) is 22.2 Å². The van der Waals surface area contributed by atoms with Gasteiger partial charge in [-0.3, -0.25) is 9.59 Å². The summed E-state index contributed by atoms with van der Waals surface area (Å²) in [6.07, 6.45) is 2.03. The zero-order valence-corrected chi connectivity index (χ0v) is 7.14. The SMILES string of the molecule is O=C(O)C1CCC(C(=O)O)CC1.[N]. The number of rotatable bonds is 2. The Hall–Kier alpha value is -1.10. The summed E-state index contributed by atoms with van der Waals surface area (Å²) in [6, 6.07) is 0. The van der Waals surface area contributed by atoms with E-state index in [4.69, 9.17) is 10.2 Å². The van der Waals surface area contributed by atoms with Crippen molar-refractivity contribution >= 4 is 11.9 Å².